The van der Waals surface area contributed by atoms with Gasteiger partial charge in [-0.05, 0) is 37.8 Å². The van der Waals surface area contributed by atoms with Crippen LogP contribution in [0.4, 0.5) is 5.82 Å². The number of nitrogens with zero attached hydrogens (tertiary/aromatic N) is 5. The highest BCUT2D eigenvalue weighted by molar-refractivity contribution is 6.39. The van der Waals surface area contributed by atoms with Crippen molar-refractivity contribution in [3.8, 4) is 11.1 Å². The van der Waals surface area contributed by atoms with E-state index in [1.165, 1.54) is 6.33 Å². The number of rotatable bonds is 2. The lowest BCUT2D eigenvalue weighted by atomic mass is 9.97. The number of anilines is 1. The monoisotopic (exact) mass is 375 g/mol. The van der Waals surface area contributed by atoms with Gasteiger partial charge in [0.1, 0.15) is 12.1 Å². The number of aryl methyl sites for hydroxylation is 1. The Morgan fingerprint density at radius 1 is 1.08 bits per heavy atom. The Hall–Kier alpha value is -1.85. The van der Waals surface area contributed by atoms with Crippen LogP contribution in [0.15, 0.2) is 24.5 Å². The van der Waals surface area contributed by atoms with Crippen molar-refractivity contribution in [3.63, 3.8) is 0 Å². The average Bonchev–Trinajstić information content (AvgIpc) is 3.03. The second-order valence-corrected chi connectivity index (χ2v) is 7.45. The molecule has 7 heteroatoms. The number of benzene rings is 1. The molecule has 0 spiro atoms. The first-order valence-corrected chi connectivity index (χ1v) is 9.21. The molecule has 1 saturated heterocycles. The summed E-state index contributed by atoms with van der Waals surface area (Å²) in [6.45, 7) is 6.20. The van der Waals surface area contributed by atoms with Gasteiger partial charge >= 0.3 is 0 Å². The Morgan fingerprint density at radius 3 is 2.44 bits per heavy atom. The SMILES string of the molecule is Cc1nc2ncnn2c(N2CCC(C)CC2)c1-c1c(Cl)cccc1Cl. The van der Waals surface area contributed by atoms with Crippen LogP contribution in [-0.4, -0.2) is 32.7 Å². The summed E-state index contributed by atoms with van der Waals surface area (Å²) in [6.07, 6.45) is 3.83. The van der Waals surface area contributed by atoms with Gasteiger partial charge < -0.3 is 4.90 Å². The van der Waals surface area contributed by atoms with Crippen LogP contribution >= 0.6 is 23.2 Å². The van der Waals surface area contributed by atoms with E-state index in [9.17, 15) is 0 Å². The molecule has 0 bridgehead atoms. The van der Waals surface area contributed by atoms with Gasteiger partial charge in [-0.1, -0.05) is 36.2 Å². The molecular weight excluding hydrogens is 357 g/mol. The molecule has 2 aromatic heterocycles. The molecule has 3 heterocycles. The fraction of sp³-hybridized carbons (Fsp3) is 0.389. The highest BCUT2D eigenvalue weighted by atomic mass is 35.5. The molecule has 0 amide bonds. The molecular formula is C18H19Cl2N5. The van der Waals surface area contributed by atoms with E-state index >= 15 is 0 Å². The molecule has 4 rings (SSSR count). The molecule has 0 radical (unpaired) electrons. The Morgan fingerprint density at radius 2 is 1.76 bits per heavy atom. The average molecular weight is 376 g/mol. The van der Waals surface area contributed by atoms with Crippen molar-refractivity contribution in [3.05, 3.63) is 40.3 Å². The number of hydrogen-bond donors (Lipinski definition) is 0. The van der Waals surface area contributed by atoms with Crippen LogP contribution < -0.4 is 4.90 Å². The summed E-state index contributed by atoms with van der Waals surface area (Å²) in [4.78, 5) is 11.2. The van der Waals surface area contributed by atoms with Gasteiger partial charge in [0.05, 0.1) is 15.7 Å². The largest absolute Gasteiger partial charge is 0.356 e. The second-order valence-electron chi connectivity index (χ2n) is 6.63. The summed E-state index contributed by atoms with van der Waals surface area (Å²) in [7, 11) is 0. The van der Waals surface area contributed by atoms with Crippen LogP contribution in [0.25, 0.3) is 16.9 Å². The molecule has 0 saturated carbocycles. The van der Waals surface area contributed by atoms with E-state index in [0.717, 1.165) is 54.5 Å². The van der Waals surface area contributed by atoms with Gasteiger partial charge in [-0.3, -0.25) is 0 Å². The minimum absolute atomic E-state index is 0.595. The van der Waals surface area contributed by atoms with Crippen molar-refractivity contribution in [2.24, 2.45) is 5.92 Å². The first-order valence-electron chi connectivity index (χ1n) is 8.46. The van der Waals surface area contributed by atoms with Crippen LogP contribution in [0.5, 0.6) is 0 Å². The standard InChI is InChI=1S/C18H19Cl2N5/c1-11-6-8-24(9-7-11)17-15(16-13(19)4-3-5-14(16)20)12(2)23-18-21-10-22-25(17)18/h3-5,10-11H,6-9H2,1-2H3. The lowest BCUT2D eigenvalue weighted by Gasteiger charge is -2.33. The Bertz CT molecular complexity index is 908. The van der Waals surface area contributed by atoms with Gasteiger partial charge in [0.15, 0.2) is 0 Å². The van der Waals surface area contributed by atoms with E-state index in [-0.39, 0.29) is 0 Å². The highest BCUT2D eigenvalue weighted by Crippen LogP contribution is 2.42. The minimum atomic E-state index is 0.595. The zero-order valence-corrected chi connectivity index (χ0v) is 15.7. The fourth-order valence-electron chi connectivity index (χ4n) is 3.48. The van der Waals surface area contributed by atoms with Crippen LogP contribution in [0.3, 0.4) is 0 Å². The maximum absolute atomic E-state index is 6.52. The van der Waals surface area contributed by atoms with Gasteiger partial charge in [-0.2, -0.15) is 14.6 Å². The zero-order valence-electron chi connectivity index (χ0n) is 14.2. The first kappa shape index (κ1) is 16.6. The number of halogens is 2. The first-order chi connectivity index (χ1) is 12.1. The van der Waals surface area contributed by atoms with E-state index in [1.54, 1.807) is 4.52 Å². The van der Waals surface area contributed by atoms with Crippen molar-refractivity contribution < 1.29 is 0 Å². The molecule has 1 aliphatic rings. The van der Waals surface area contributed by atoms with E-state index in [0.29, 0.717) is 15.8 Å². The second kappa shape index (κ2) is 6.46. The van der Waals surface area contributed by atoms with Gasteiger partial charge in [-0.25, -0.2) is 4.98 Å². The minimum Gasteiger partial charge on any atom is -0.356 e. The van der Waals surface area contributed by atoms with Crippen LogP contribution in [0, 0.1) is 12.8 Å². The van der Waals surface area contributed by atoms with E-state index in [2.05, 4.69) is 26.9 Å². The highest BCUT2D eigenvalue weighted by Gasteiger charge is 2.26. The number of piperidine rings is 1. The quantitative estimate of drug-likeness (QED) is 0.654. The molecule has 0 N–H and O–H groups in total. The lowest BCUT2D eigenvalue weighted by Crippen LogP contribution is -2.35. The predicted octanol–water partition coefficient (Wildman–Crippen LogP) is 4.64. The van der Waals surface area contributed by atoms with Crippen LogP contribution in [0.1, 0.15) is 25.5 Å². The molecule has 0 unspecified atom stereocenters. The van der Waals surface area contributed by atoms with E-state index in [4.69, 9.17) is 23.2 Å². The Kier molecular flexibility index (Phi) is 4.29. The van der Waals surface area contributed by atoms with Gasteiger partial charge in [0.2, 0.25) is 0 Å². The third kappa shape index (κ3) is 2.85. The van der Waals surface area contributed by atoms with Crippen molar-refractivity contribution in [1.29, 1.82) is 0 Å². The molecule has 3 aromatic rings. The molecule has 0 atom stereocenters. The summed E-state index contributed by atoms with van der Waals surface area (Å²) in [5.41, 5.74) is 2.59. The van der Waals surface area contributed by atoms with E-state index < -0.39 is 0 Å². The van der Waals surface area contributed by atoms with Gasteiger partial charge in [0, 0.05) is 24.2 Å². The number of fused-ring (bicyclic) bond motifs is 1. The molecule has 1 aliphatic heterocycles. The molecule has 25 heavy (non-hydrogen) atoms. The summed E-state index contributed by atoms with van der Waals surface area (Å²) in [5, 5.41) is 5.64. The summed E-state index contributed by atoms with van der Waals surface area (Å²) in [5.74, 6) is 2.30. The van der Waals surface area contributed by atoms with Crippen molar-refractivity contribution in [2.45, 2.75) is 26.7 Å². The van der Waals surface area contributed by atoms with Crippen LogP contribution in [0.2, 0.25) is 10.0 Å². The maximum Gasteiger partial charge on any atom is 0.254 e. The number of aromatic nitrogens is 4. The third-order valence-electron chi connectivity index (χ3n) is 4.88. The van der Waals surface area contributed by atoms with E-state index in [1.807, 2.05) is 25.1 Å². The summed E-state index contributed by atoms with van der Waals surface area (Å²) >= 11 is 13.0. The number of hydrogen-bond acceptors (Lipinski definition) is 4. The van der Waals surface area contributed by atoms with Crippen molar-refractivity contribution >= 4 is 34.8 Å². The smallest absolute Gasteiger partial charge is 0.254 e. The topological polar surface area (TPSA) is 46.3 Å². The van der Waals surface area contributed by atoms with Gasteiger partial charge in [-0.15, -0.1) is 0 Å². The summed E-state index contributed by atoms with van der Waals surface area (Å²) in [6, 6.07) is 5.57. The molecule has 5 nitrogen and oxygen atoms in total. The normalized spacial score (nSPS) is 15.9. The van der Waals surface area contributed by atoms with Crippen molar-refractivity contribution in [2.75, 3.05) is 18.0 Å². The molecule has 1 aromatic carbocycles. The fourth-order valence-corrected chi connectivity index (χ4v) is 4.06. The van der Waals surface area contributed by atoms with Crippen LogP contribution in [-0.2, 0) is 0 Å². The summed E-state index contributed by atoms with van der Waals surface area (Å²) < 4.78 is 1.80. The van der Waals surface area contributed by atoms with Crippen molar-refractivity contribution in [1.82, 2.24) is 19.6 Å². The zero-order chi connectivity index (χ0) is 17.6. The molecule has 0 aliphatic carbocycles. The Balaban J connectivity index is 2.00. The third-order valence-corrected chi connectivity index (χ3v) is 5.51. The Labute approximate surface area is 156 Å². The molecule has 1 fully saturated rings. The maximum atomic E-state index is 6.52. The lowest BCUT2D eigenvalue weighted by molar-refractivity contribution is 0.435. The molecule has 130 valence electrons. The predicted molar refractivity (Wildman–Crippen MR) is 102 cm³/mol. The van der Waals surface area contributed by atoms with Gasteiger partial charge in [0.25, 0.3) is 5.78 Å².